The molecule has 2 N–H and O–H groups in total. The van der Waals surface area contributed by atoms with Crippen LogP contribution in [0.4, 0.5) is 8.78 Å². The lowest BCUT2D eigenvalue weighted by Crippen LogP contribution is -2.31. The molecule has 0 aromatic heterocycles. The normalized spacial score (nSPS) is 12.8. The zero-order valence-electron chi connectivity index (χ0n) is 8.63. The fourth-order valence-electron chi connectivity index (χ4n) is 1.27. The van der Waals surface area contributed by atoms with E-state index in [0.717, 1.165) is 24.6 Å². The summed E-state index contributed by atoms with van der Waals surface area (Å²) in [5, 5.41) is 11.8. The summed E-state index contributed by atoms with van der Waals surface area (Å²) in [6.07, 6.45) is 0.743. The second kappa shape index (κ2) is 5.78. The van der Waals surface area contributed by atoms with Crippen molar-refractivity contribution in [2.75, 3.05) is 6.61 Å². The minimum absolute atomic E-state index is 0.00651. The third-order valence-electron chi connectivity index (χ3n) is 2.30. The monoisotopic (exact) mass is 215 g/mol. The van der Waals surface area contributed by atoms with Crippen LogP contribution in [0, 0.1) is 11.6 Å². The summed E-state index contributed by atoms with van der Waals surface area (Å²) in [6, 6.07) is 3.27. The summed E-state index contributed by atoms with van der Waals surface area (Å²) >= 11 is 0. The summed E-state index contributed by atoms with van der Waals surface area (Å²) in [4.78, 5) is 0. The van der Waals surface area contributed by atoms with Gasteiger partial charge in [-0.05, 0) is 24.6 Å². The molecule has 0 saturated carbocycles. The van der Waals surface area contributed by atoms with Crippen molar-refractivity contribution in [3.63, 3.8) is 0 Å². The smallest absolute Gasteiger partial charge is 0.127 e. The molecule has 4 heteroatoms. The van der Waals surface area contributed by atoms with Crippen molar-refractivity contribution >= 4 is 0 Å². The molecule has 1 rings (SSSR count). The van der Waals surface area contributed by atoms with Crippen LogP contribution in [-0.2, 0) is 6.54 Å². The Bertz CT molecular complexity index is 313. The zero-order valence-corrected chi connectivity index (χ0v) is 8.63. The topological polar surface area (TPSA) is 32.3 Å². The van der Waals surface area contributed by atoms with E-state index in [9.17, 15) is 8.78 Å². The molecule has 0 aliphatic rings. The molecule has 2 nitrogen and oxygen atoms in total. The predicted molar refractivity (Wildman–Crippen MR) is 54.4 cm³/mol. The molecule has 0 fully saturated rings. The highest BCUT2D eigenvalue weighted by Crippen LogP contribution is 2.09. The molecule has 0 radical (unpaired) electrons. The Hall–Kier alpha value is -1.00. The fourth-order valence-corrected chi connectivity index (χ4v) is 1.27. The molecule has 0 heterocycles. The second-order valence-corrected chi connectivity index (χ2v) is 3.40. The molecule has 0 aliphatic heterocycles. The highest BCUT2D eigenvalue weighted by molar-refractivity contribution is 5.18. The van der Waals surface area contributed by atoms with Gasteiger partial charge < -0.3 is 10.4 Å². The summed E-state index contributed by atoms with van der Waals surface area (Å²) in [5.41, 5.74) is 0.280. The highest BCUT2D eigenvalue weighted by Gasteiger charge is 2.07. The van der Waals surface area contributed by atoms with Crippen molar-refractivity contribution in [2.45, 2.75) is 25.9 Å². The van der Waals surface area contributed by atoms with Crippen molar-refractivity contribution in [1.82, 2.24) is 5.32 Å². The minimum atomic E-state index is -0.453. The van der Waals surface area contributed by atoms with Gasteiger partial charge in [-0.1, -0.05) is 6.92 Å². The van der Waals surface area contributed by atoms with E-state index >= 15 is 0 Å². The second-order valence-electron chi connectivity index (χ2n) is 3.40. The Morgan fingerprint density at radius 1 is 1.40 bits per heavy atom. The molecule has 0 bridgehead atoms. The number of rotatable bonds is 5. The van der Waals surface area contributed by atoms with Crippen molar-refractivity contribution in [3.8, 4) is 0 Å². The Kier molecular flexibility index (Phi) is 4.65. The molecule has 84 valence electrons. The highest BCUT2D eigenvalue weighted by atomic mass is 19.1. The third-order valence-corrected chi connectivity index (χ3v) is 2.30. The number of benzene rings is 1. The van der Waals surface area contributed by atoms with Gasteiger partial charge in [0.05, 0.1) is 6.61 Å². The summed E-state index contributed by atoms with van der Waals surface area (Å²) in [6.45, 7) is 2.13. The van der Waals surface area contributed by atoms with Gasteiger partial charge in [-0.2, -0.15) is 0 Å². The van der Waals surface area contributed by atoms with Crippen LogP contribution in [0.5, 0.6) is 0 Å². The maximum atomic E-state index is 13.2. The fraction of sp³-hybridized carbons (Fsp3) is 0.455. The number of nitrogens with one attached hydrogen (secondary N) is 1. The quantitative estimate of drug-likeness (QED) is 0.785. The van der Waals surface area contributed by atoms with Gasteiger partial charge in [-0.25, -0.2) is 8.78 Å². The average molecular weight is 215 g/mol. The van der Waals surface area contributed by atoms with Gasteiger partial charge in [-0.3, -0.25) is 0 Å². The maximum absolute atomic E-state index is 13.2. The number of hydrogen-bond donors (Lipinski definition) is 2. The molecule has 1 aromatic rings. The summed E-state index contributed by atoms with van der Waals surface area (Å²) in [5.74, 6) is -0.887. The molecule has 15 heavy (non-hydrogen) atoms. The van der Waals surface area contributed by atoms with Gasteiger partial charge in [0, 0.05) is 18.2 Å². The molecule has 0 saturated heterocycles. The first-order valence-corrected chi connectivity index (χ1v) is 4.95. The standard InChI is InChI=1S/C11H15F2NO/c1-2-10(7-15)14-6-8-5-9(12)3-4-11(8)13/h3-5,10,14-15H,2,6-7H2,1H3/t10-/m1/s1. The lowest BCUT2D eigenvalue weighted by Gasteiger charge is -2.14. The van der Waals surface area contributed by atoms with Gasteiger partial charge in [-0.15, -0.1) is 0 Å². The predicted octanol–water partition coefficient (Wildman–Crippen LogP) is 1.83. The number of halogens is 2. The van der Waals surface area contributed by atoms with E-state index in [-0.39, 0.29) is 24.8 Å². The first kappa shape index (κ1) is 12.1. The van der Waals surface area contributed by atoms with Crippen molar-refractivity contribution < 1.29 is 13.9 Å². The van der Waals surface area contributed by atoms with Gasteiger partial charge in [0.1, 0.15) is 11.6 Å². The Morgan fingerprint density at radius 3 is 2.73 bits per heavy atom. The van der Waals surface area contributed by atoms with Crippen LogP contribution in [-0.4, -0.2) is 17.8 Å². The molecule has 0 aliphatic carbocycles. The number of aliphatic hydroxyl groups is 1. The van der Waals surface area contributed by atoms with Crippen LogP contribution in [0.3, 0.4) is 0 Å². The summed E-state index contributed by atoms with van der Waals surface area (Å²) in [7, 11) is 0. The van der Waals surface area contributed by atoms with E-state index in [1.54, 1.807) is 0 Å². The van der Waals surface area contributed by atoms with Crippen molar-refractivity contribution in [1.29, 1.82) is 0 Å². The number of aliphatic hydroxyl groups excluding tert-OH is 1. The Labute approximate surface area is 87.9 Å². The largest absolute Gasteiger partial charge is 0.395 e. The van der Waals surface area contributed by atoms with Gasteiger partial charge in [0.15, 0.2) is 0 Å². The molecule has 0 amide bonds. The lowest BCUT2D eigenvalue weighted by atomic mass is 10.1. The van der Waals surface area contributed by atoms with E-state index < -0.39 is 11.6 Å². The van der Waals surface area contributed by atoms with Gasteiger partial charge in [0.25, 0.3) is 0 Å². The van der Waals surface area contributed by atoms with Gasteiger partial charge >= 0.3 is 0 Å². The molecular formula is C11H15F2NO. The number of hydrogen-bond acceptors (Lipinski definition) is 2. The molecule has 1 aromatic carbocycles. The SMILES string of the molecule is CC[C@H](CO)NCc1cc(F)ccc1F. The van der Waals surface area contributed by atoms with Gasteiger partial charge in [0.2, 0.25) is 0 Å². The van der Waals surface area contributed by atoms with Crippen LogP contribution in [0.15, 0.2) is 18.2 Å². The Balaban J connectivity index is 2.60. The van der Waals surface area contributed by atoms with Crippen molar-refractivity contribution in [3.05, 3.63) is 35.4 Å². The van der Waals surface area contributed by atoms with E-state index in [0.29, 0.717) is 0 Å². The average Bonchev–Trinajstić information content (AvgIpc) is 2.24. The maximum Gasteiger partial charge on any atom is 0.127 e. The third kappa shape index (κ3) is 3.57. The van der Waals surface area contributed by atoms with E-state index in [2.05, 4.69) is 5.32 Å². The van der Waals surface area contributed by atoms with Crippen LogP contribution in [0.2, 0.25) is 0 Å². The molecule has 0 spiro atoms. The van der Waals surface area contributed by atoms with E-state index in [1.165, 1.54) is 0 Å². The van der Waals surface area contributed by atoms with Crippen molar-refractivity contribution in [2.24, 2.45) is 0 Å². The van der Waals surface area contributed by atoms with E-state index in [4.69, 9.17) is 5.11 Å². The zero-order chi connectivity index (χ0) is 11.3. The van der Waals surface area contributed by atoms with Crippen LogP contribution in [0.25, 0.3) is 0 Å². The molecule has 0 unspecified atom stereocenters. The first-order valence-electron chi connectivity index (χ1n) is 4.95. The van der Waals surface area contributed by atoms with Crippen LogP contribution >= 0.6 is 0 Å². The van der Waals surface area contributed by atoms with Crippen LogP contribution < -0.4 is 5.32 Å². The first-order chi connectivity index (χ1) is 7.17. The van der Waals surface area contributed by atoms with Crippen LogP contribution in [0.1, 0.15) is 18.9 Å². The summed E-state index contributed by atoms with van der Waals surface area (Å²) < 4.78 is 26.0. The molecule has 1 atom stereocenters. The van der Waals surface area contributed by atoms with E-state index in [1.807, 2.05) is 6.92 Å². The molecular weight excluding hydrogens is 200 g/mol. The Morgan fingerprint density at radius 2 is 2.13 bits per heavy atom. The minimum Gasteiger partial charge on any atom is -0.395 e. The lowest BCUT2D eigenvalue weighted by molar-refractivity contribution is 0.238.